The topological polar surface area (TPSA) is 45.2 Å². The van der Waals surface area contributed by atoms with Crippen LogP contribution in [0.25, 0.3) is 0 Å². The number of halogens is 3. The number of rotatable bonds is 3. The van der Waals surface area contributed by atoms with Gasteiger partial charge in [-0.15, -0.1) is 0 Å². The van der Waals surface area contributed by atoms with Gasteiger partial charge in [0.25, 0.3) is 0 Å². The number of nitrogens with zero attached hydrogens (tertiary/aromatic N) is 2. The molecule has 1 saturated heterocycles. The third-order valence-corrected chi connectivity index (χ3v) is 8.78. The van der Waals surface area contributed by atoms with Gasteiger partial charge in [0, 0.05) is 49.2 Å². The second kappa shape index (κ2) is 7.69. The summed E-state index contributed by atoms with van der Waals surface area (Å²) in [6.07, 6.45) is 3.24. The van der Waals surface area contributed by atoms with Gasteiger partial charge in [0.2, 0.25) is 5.91 Å². The highest BCUT2D eigenvalue weighted by Gasteiger charge is 2.56. The molecule has 1 aromatic rings. The smallest absolute Gasteiger partial charge is 0.337 e. The third-order valence-electron chi connectivity index (χ3n) is 7.62. The quantitative estimate of drug-likeness (QED) is 0.773. The lowest BCUT2D eigenvalue weighted by atomic mass is 9.78. The zero-order valence-corrected chi connectivity index (χ0v) is 17.8. The van der Waals surface area contributed by atoms with E-state index in [2.05, 4.69) is 10.3 Å². The monoisotopic (exact) mass is 439 g/mol. The molecular formula is C22H28F3N3OS. The first-order valence-electron chi connectivity index (χ1n) is 11.0. The number of nitrogens with one attached hydrogen (secondary N) is 1. The summed E-state index contributed by atoms with van der Waals surface area (Å²) < 4.78 is 39.3. The van der Waals surface area contributed by atoms with Crippen molar-refractivity contribution in [2.45, 2.75) is 69.8 Å². The minimum atomic E-state index is -4.41. The molecule has 30 heavy (non-hydrogen) atoms. The van der Waals surface area contributed by atoms with Gasteiger partial charge in [0.15, 0.2) is 0 Å². The van der Waals surface area contributed by atoms with Gasteiger partial charge < -0.3 is 10.2 Å². The van der Waals surface area contributed by atoms with Crippen molar-refractivity contribution >= 4 is 17.7 Å². The van der Waals surface area contributed by atoms with Crippen LogP contribution >= 0.6 is 11.8 Å². The van der Waals surface area contributed by atoms with E-state index in [1.165, 1.54) is 18.2 Å². The summed E-state index contributed by atoms with van der Waals surface area (Å²) in [5.41, 5.74) is 0.186. The highest BCUT2D eigenvalue weighted by Crippen LogP contribution is 2.55. The SMILES string of the molecule is O=C(N1CCc2ncc(C(F)(F)F)cc2C1)C12CCCC1CC(NC1CCSC1)C2. The van der Waals surface area contributed by atoms with E-state index in [0.717, 1.165) is 44.1 Å². The Kier molecular flexibility index (Phi) is 5.29. The summed E-state index contributed by atoms with van der Waals surface area (Å²) in [4.78, 5) is 19.6. The molecule has 8 heteroatoms. The van der Waals surface area contributed by atoms with Crippen molar-refractivity contribution in [2.75, 3.05) is 18.1 Å². The van der Waals surface area contributed by atoms with Crippen LogP contribution in [0.5, 0.6) is 0 Å². The maximum absolute atomic E-state index is 13.7. The molecule has 4 unspecified atom stereocenters. The van der Waals surface area contributed by atoms with Crippen LogP contribution < -0.4 is 5.32 Å². The van der Waals surface area contributed by atoms with E-state index in [1.807, 2.05) is 16.7 Å². The molecule has 2 aliphatic carbocycles. The van der Waals surface area contributed by atoms with Crippen LogP contribution in [-0.4, -0.2) is 45.9 Å². The van der Waals surface area contributed by atoms with E-state index < -0.39 is 11.7 Å². The highest BCUT2D eigenvalue weighted by molar-refractivity contribution is 7.99. The number of hydrogen-bond acceptors (Lipinski definition) is 4. The molecule has 3 heterocycles. The Morgan fingerprint density at radius 2 is 2.17 bits per heavy atom. The second-order valence-corrected chi connectivity index (χ2v) is 10.6. The molecule has 0 aromatic carbocycles. The lowest BCUT2D eigenvalue weighted by molar-refractivity contribution is -0.144. The van der Waals surface area contributed by atoms with Crippen LogP contribution in [0.2, 0.25) is 0 Å². The van der Waals surface area contributed by atoms with Crippen LogP contribution in [0.3, 0.4) is 0 Å². The number of fused-ring (bicyclic) bond motifs is 2. The molecule has 2 saturated carbocycles. The van der Waals surface area contributed by atoms with E-state index in [-0.39, 0.29) is 17.9 Å². The van der Waals surface area contributed by atoms with Crippen molar-refractivity contribution in [2.24, 2.45) is 11.3 Å². The standard InChI is InChI=1S/C22H28F3N3OS/c23-22(24,25)16-8-14-12-28(6-3-19(14)26-11-16)20(29)21-5-1-2-15(21)9-18(10-21)27-17-4-7-30-13-17/h8,11,15,17-18,27H,1-7,9-10,12-13H2. The summed E-state index contributed by atoms with van der Waals surface area (Å²) in [5, 5.41) is 3.80. The largest absolute Gasteiger partial charge is 0.417 e. The number of hydrogen-bond donors (Lipinski definition) is 1. The zero-order valence-electron chi connectivity index (χ0n) is 17.0. The summed E-state index contributed by atoms with van der Waals surface area (Å²) in [7, 11) is 0. The van der Waals surface area contributed by atoms with Crippen molar-refractivity contribution in [3.05, 3.63) is 29.1 Å². The summed E-state index contributed by atoms with van der Waals surface area (Å²) >= 11 is 1.99. The first-order chi connectivity index (χ1) is 14.3. The molecule has 3 fully saturated rings. The van der Waals surface area contributed by atoms with Crippen LogP contribution in [0, 0.1) is 11.3 Å². The Balaban J connectivity index is 1.33. The third kappa shape index (κ3) is 3.64. The Morgan fingerprint density at radius 1 is 1.30 bits per heavy atom. The average molecular weight is 440 g/mol. The predicted molar refractivity (Wildman–Crippen MR) is 110 cm³/mol. The van der Waals surface area contributed by atoms with Crippen LogP contribution in [0.4, 0.5) is 13.2 Å². The fourth-order valence-corrected chi connectivity index (χ4v) is 7.35. The van der Waals surface area contributed by atoms with Gasteiger partial charge in [-0.2, -0.15) is 24.9 Å². The van der Waals surface area contributed by atoms with Crippen molar-refractivity contribution < 1.29 is 18.0 Å². The van der Waals surface area contributed by atoms with Gasteiger partial charge in [-0.25, -0.2) is 0 Å². The molecule has 1 N–H and O–H groups in total. The minimum Gasteiger partial charge on any atom is -0.337 e. The number of pyridine rings is 1. The molecule has 0 bridgehead atoms. The highest BCUT2D eigenvalue weighted by atomic mass is 32.2. The van der Waals surface area contributed by atoms with E-state index in [1.54, 1.807) is 0 Å². The maximum atomic E-state index is 13.7. The summed E-state index contributed by atoms with van der Waals surface area (Å²) in [6, 6.07) is 2.13. The Hall–Kier alpha value is -1.28. The van der Waals surface area contributed by atoms with E-state index in [4.69, 9.17) is 0 Å². The molecule has 4 aliphatic rings. The van der Waals surface area contributed by atoms with Crippen LogP contribution in [0.1, 0.15) is 55.3 Å². The number of carbonyl (C=O) groups is 1. The number of thioether (sulfide) groups is 1. The number of aromatic nitrogens is 1. The van der Waals surface area contributed by atoms with Crippen molar-refractivity contribution in [3.63, 3.8) is 0 Å². The lowest BCUT2D eigenvalue weighted by Gasteiger charge is -2.37. The van der Waals surface area contributed by atoms with Gasteiger partial charge in [-0.05, 0) is 55.4 Å². The molecule has 2 aliphatic heterocycles. The van der Waals surface area contributed by atoms with Gasteiger partial charge in [-0.3, -0.25) is 9.78 Å². The molecule has 0 radical (unpaired) electrons. The van der Waals surface area contributed by atoms with Crippen molar-refractivity contribution in [1.82, 2.24) is 15.2 Å². The fraction of sp³-hybridized carbons (Fsp3) is 0.727. The van der Waals surface area contributed by atoms with E-state index in [9.17, 15) is 18.0 Å². The minimum absolute atomic E-state index is 0.165. The molecule has 1 amide bonds. The molecule has 4 nitrogen and oxygen atoms in total. The van der Waals surface area contributed by atoms with Gasteiger partial charge in [-0.1, -0.05) is 6.42 Å². The molecule has 4 atom stereocenters. The van der Waals surface area contributed by atoms with E-state index in [0.29, 0.717) is 42.2 Å². The van der Waals surface area contributed by atoms with Gasteiger partial charge in [0.05, 0.1) is 11.0 Å². The number of carbonyl (C=O) groups excluding carboxylic acids is 1. The second-order valence-electron chi connectivity index (χ2n) is 9.41. The van der Waals surface area contributed by atoms with Crippen molar-refractivity contribution in [3.8, 4) is 0 Å². The van der Waals surface area contributed by atoms with Crippen LogP contribution in [-0.2, 0) is 23.9 Å². The predicted octanol–water partition coefficient (Wildman–Crippen LogP) is 4.03. The van der Waals surface area contributed by atoms with Gasteiger partial charge >= 0.3 is 6.18 Å². The molecule has 164 valence electrons. The Bertz CT molecular complexity index is 826. The normalized spacial score (nSPS) is 33.6. The summed E-state index contributed by atoms with van der Waals surface area (Å²) in [6.45, 7) is 0.799. The number of amides is 1. The summed E-state index contributed by atoms with van der Waals surface area (Å²) in [5.74, 6) is 2.93. The van der Waals surface area contributed by atoms with Crippen molar-refractivity contribution in [1.29, 1.82) is 0 Å². The Morgan fingerprint density at radius 3 is 2.93 bits per heavy atom. The van der Waals surface area contributed by atoms with Gasteiger partial charge in [0.1, 0.15) is 0 Å². The van der Waals surface area contributed by atoms with Crippen LogP contribution in [0.15, 0.2) is 12.3 Å². The fourth-order valence-electron chi connectivity index (χ4n) is 6.19. The zero-order chi connectivity index (χ0) is 20.9. The molecular weight excluding hydrogens is 411 g/mol. The first-order valence-corrected chi connectivity index (χ1v) is 12.2. The average Bonchev–Trinajstić information content (AvgIpc) is 3.42. The molecule has 0 spiro atoms. The Labute approximate surface area is 179 Å². The maximum Gasteiger partial charge on any atom is 0.417 e. The number of alkyl halides is 3. The molecule has 5 rings (SSSR count). The molecule has 1 aromatic heterocycles. The first kappa shape index (κ1) is 20.6. The van der Waals surface area contributed by atoms with E-state index >= 15 is 0 Å². The lowest BCUT2D eigenvalue weighted by Crippen LogP contribution is -2.47.